The topological polar surface area (TPSA) is 117 Å². The van der Waals surface area contributed by atoms with Crippen molar-refractivity contribution in [2.24, 2.45) is 11.8 Å². The summed E-state index contributed by atoms with van der Waals surface area (Å²) in [6, 6.07) is 23.2. The zero-order valence-electron chi connectivity index (χ0n) is 38.1. The van der Waals surface area contributed by atoms with Crippen LogP contribution in [-0.2, 0) is 46.1 Å². The van der Waals surface area contributed by atoms with Crippen LogP contribution in [0.1, 0.15) is 141 Å². The monoisotopic (exact) mass is 821 g/mol. The van der Waals surface area contributed by atoms with Crippen LogP contribution in [0.2, 0.25) is 0 Å². The Balaban J connectivity index is 1.09. The molecule has 0 heterocycles. The quantitative estimate of drug-likeness (QED) is 0.0622. The van der Waals surface area contributed by atoms with Crippen molar-refractivity contribution in [1.29, 1.82) is 0 Å². The average molecular weight is 821 g/mol. The summed E-state index contributed by atoms with van der Waals surface area (Å²) < 4.78 is 11.9. The first-order valence-corrected chi connectivity index (χ1v) is 22.0. The van der Waals surface area contributed by atoms with E-state index in [1.165, 1.54) is 0 Å². The van der Waals surface area contributed by atoms with Crippen LogP contribution in [0.4, 0.5) is 11.4 Å². The third kappa shape index (κ3) is 15.6. The molecule has 60 heavy (non-hydrogen) atoms. The van der Waals surface area contributed by atoms with Crippen molar-refractivity contribution in [1.82, 2.24) is 0 Å². The Bertz CT molecular complexity index is 1920. The Hall–Kier alpha value is -4.98. The summed E-state index contributed by atoms with van der Waals surface area (Å²) in [6.45, 7) is 22.4. The Morgan fingerprint density at radius 1 is 0.550 bits per heavy atom. The maximum Gasteiger partial charge on any atom is 0.224 e. The minimum atomic E-state index is -0.212. The Labute approximate surface area is 360 Å². The van der Waals surface area contributed by atoms with E-state index in [9.17, 15) is 19.8 Å². The minimum absolute atomic E-state index is 0.0409. The summed E-state index contributed by atoms with van der Waals surface area (Å²) in [4.78, 5) is 25.7. The number of phenols is 2. The number of ether oxygens (including phenoxy) is 2. The first-order valence-electron chi connectivity index (χ1n) is 22.0. The molecule has 0 aliphatic carbocycles. The molecule has 4 rings (SSSR count). The number of nitrogens with one attached hydrogen (secondary N) is 2. The van der Waals surface area contributed by atoms with Gasteiger partial charge in [-0.1, -0.05) is 93.5 Å². The Morgan fingerprint density at radius 3 is 1.27 bits per heavy atom. The van der Waals surface area contributed by atoms with Crippen molar-refractivity contribution in [3.05, 3.63) is 106 Å². The van der Waals surface area contributed by atoms with Gasteiger partial charge in [-0.2, -0.15) is 0 Å². The number of anilines is 2. The van der Waals surface area contributed by atoms with Gasteiger partial charge in [-0.3, -0.25) is 9.59 Å². The molecule has 0 saturated heterocycles. The Kier molecular flexibility index (Phi) is 17.5. The van der Waals surface area contributed by atoms with Gasteiger partial charge in [0.1, 0.15) is 23.0 Å². The van der Waals surface area contributed by atoms with Gasteiger partial charge < -0.3 is 30.3 Å². The number of hydrogen-bond acceptors (Lipinski definition) is 6. The van der Waals surface area contributed by atoms with E-state index in [0.29, 0.717) is 62.2 Å². The van der Waals surface area contributed by atoms with Gasteiger partial charge >= 0.3 is 0 Å². The number of phenolic OH excluding ortho intramolecular Hbond substituents is 2. The lowest BCUT2D eigenvalue weighted by Gasteiger charge is -2.28. The fraction of sp³-hybridized carbons (Fsp3) is 0.500. The zero-order valence-corrected chi connectivity index (χ0v) is 38.1. The molecule has 0 aliphatic rings. The second kappa shape index (κ2) is 22.0. The molecule has 0 unspecified atom stereocenters. The summed E-state index contributed by atoms with van der Waals surface area (Å²) in [5, 5.41) is 27.9. The van der Waals surface area contributed by atoms with Crippen molar-refractivity contribution >= 4 is 23.2 Å². The van der Waals surface area contributed by atoms with Gasteiger partial charge in [-0.25, -0.2) is 0 Å². The van der Waals surface area contributed by atoms with E-state index < -0.39 is 0 Å². The van der Waals surface area contributed by atoms with Gasteiger partial charge in [-0.05, 0) is 156 Å². The SMILES string of the molecule is CC(C)Cc1cc(CCC(=O)Nc2ccc(OCCCCCCOc3ccc(NC(=O)CCc4cc(C(C)(C)C)c(O)c(C(C)(C)C)c4)cc3)cc2)cc(CC(C)C)c1O. The molecule has 0 atom stereocenters. The number of aryl methyl sites for hydroxylation is 2. The number of amides is 2. The van der Waals surface area contributed by atoms with Crippen molar-refractivity contribution in [3.63, 3.8) is 0 Å². The molecule has 0 spiro atoms. The highest BCUT2D eigenvalue weighted by atomic mass is 16.5. The molecular weight excluding hydrogens is 749 g/mol. The third-order valence-electron chi connectivity index (χ3n) is 10.5. The van der Waals surface area contributed by atoms with E-state index in [1.54, 1.807) is 0 Å². The van der Waals surface area contributed by atoms with Gasteiger partial charge in [0.2, 0.25) is 11.8 Å². The smallest absolute Gasteiger partial charge is 0.224 e. The van der Waals surface area contributed by atoms with Crippen molar-refractivity contribution < 1.29 is 29.3 Å². The molecule has 0 fully saturated rings. The molecule has 4 N–H and O–H groups in total. The number of unbranched alkanes of at least 4 members (excludes halogenated alkanes) is 3. The molecule has 326 valence electrons. The van der Waals surface area contributed by atoms with Crippen LogP contribution >= 0.6 is 0 Å². The number of aromatic hydroxyl groups is 2. The molecular formula is C52H72N2O6. The molecule has 8 heteroatoms. The molecule has 0 bridgehead atoms. The fourth-order valence-electron chi connectivity index (χ4n) is 7.32. The van der Waals surface area contributed by atoms with Crippen molar-refractivity contribution in [2.45, 2.75) is 144 Å². The Morgan fingerprint density at radius 2 is 0.917 bits per heavy atom. The van der Waals surface area contributed by atoms with Crippen LogP contribution in [0, 0.1) is 11.8 Å². The lowest BCUT2D eigenvalue weighted by molar-refractivity contribution is -0.117. The van der Waals surface area contributed by atoms with E-state index in [0.717, 1.165) is 94.8 Å². The van der Waals surface area contributed by atoms with Crippen molar-refractivity contribution in [2.75, 3.05) is 23.8 Å². The summed E-state index contributed by atoms with van der Waals surface area (Å²) in [5.41, 5.74) is 6.93. The van der Waals surface area contributed by atoms with E-state index in [2.05, 4.69) is 92.0 Å². The van der Waals surface area contributed by atoms with E-state index in [4.69, 9.17) is 9.47 Å². The van der Waals surface area contributed by atoms with E-state index in [-0.39, 0.29) is 22.6 Å². The number of benzene rings is 4. The maximum absolute atomic E-state index is 12.8. The largest absolute Gasteiger partial charge is 0.507 e. The predicted octanol–water partition coefficient (Wildman–Crippen LogP) is 12.3. The number of carbonyl (C=O) groups is 2. The van der Waals surface area contributed by atoms with Gasteiger partial charge in [-0.15, -0.1) is 0 Å². The minimum Gasteiger partial charge on any atom is -0.507 e. The average Bonchev–Trinajstić information content (AvgIpc) is 3.16. The van der Waals surface area contributed by atoms with Crippen LogP contribution in [0.5, 0.6) is 23.0 Å². The summed E-state index contributed by atoms with van der Waals surface area (Å²) in [6.07, 6.45) is 7.46. The van der Waals surface area contributed by atoms with E-state index in [1.807, 2.05) is 60.7 Å². The van der Waals surface area contributed by atoms with Gasteiger partial charge in [0, 0.05) is 24.2 Å². The molecule has 0 saturated carbocycles. The lowest BCUT2D eigenvalue weighted by atomic mass is 9.78. The highest BCUT2D eigenvalue weighted by molar-refractivity contribution is 5.91. The predicted molar refractivity (Wildman–Crippen MR) is 247 cm³/mol. The second-order valence-corrected chi connectivity index (χ2v) is 19.3. The van der Waals surface area contributed by atoms with E-state index >= 15 is 0 Å². The normalized spacial score (nSPS) is 11.9. The summed E-state index contributed by atoms with van der Waals surface area (Å²) >= 11 is 0. The third-order valence-corrected chi connectivity index (χ3v) is 10.5. The molecule has 4 aromatic carbocycles. The molecule has 4 aromatic rings. The first-order chi connectivity index (χ1) is 28.3. The van der Waals surface area contributed by atoms with Crippen molar-refractivity contribution in [3.8, 4) is 23.0 Å². The summed E-state index contributed by atoms with van der Waals surface area (Å²) in [7, 11) is 0. The van der Waals surface area contributed by atoms with Crippen LogP contribution in [0.25, 0.3) is 0 Å². The van der Waals surface area contributed by atoms with Crippen LogP contribution < -0.4 is 20.1 Å². The molecule has 2 amide bonds. The molecule has 0 aromatic heterocycles. The first kappa shape index (κ1) is 47.7. The van der Waals surface area contributed by atoms with Crippen LogP contribution in [0.15, 0.2) is 72.8 Å². The number of rotatable bonds is 21. The van der Waals surface area contributed by atoms with Crippen LogP contribution in [0.3, 0.4) is 0 Å². The number of hydrogen-bond donors (Lipinski definition) is 4. The highest BCUT2D eigenvalue weighted by Crippen LogP contribution is 2.40. The highest BCUT2D eigenvalue weighted by Gasteiger charge is 2.26. The van der Waals surface area contributed by atoms with Gasteiger partial charge in [0.15, 0.2) is 0 Å². The lowest BCUT2D eigenvalue weighted by Crippen LogP contribution is -2.18. The maximum atomic E-state index is 12.8. The standard InChI is InChI=1S/C52H72N2O6/c1-35(2)29-39-31-37(32-40(49(39)57)30-36(3)4)15-25-47(55)53-41-17-21-43(22-18-41)59-27-13-11-12-14-28-60-44-23-19-42(20-24-44)54-48(56)26-16-38-33-45(51(5,6)7)50(58)46(34-38)52(8,9)10/h17-24,31-36,57-58H,11-16,25-30H2,1-10H3,(H,53,55)(H,54,56). The van der Waals surface area contributed by atoms with Gasteiger partial charge in [0.05, 0.1) is 13.2 Å². The fourth-order valence-corrected chi connectivity index (χ4v) is 7.32. The number of carbonyl (C=O) groups excluding carboxylic acids is 2. The molecule has 0 radical (unpaired) electrons. The van der Waals surface area contributed by atoms with Gasteiger partial charge in [0.25, 0.3) is 0 Å². The summed E-state index contributed by atoms with van der Waals surface area (Å²) in [5.74, 6) is 3.08. The second-order valence-electron chi connectivity index (χ2n) is 19.3. The molecule has 0 aliphatic heterocycles. The molecule has 8 nitrogen and oxygen atoms in total. The van der Waals surface area contributed by atoms with Crippen LogP contribution in [-0.4, -0.2) is 35.2 Å². The zero-order chi connectivity index (χ0) is 44.0.